The van der Waals surface area contributed by atoms with Gasteiger partial charge < -0.3 is 13.6 Å². The summed E-state index contributed by atoms with van der Waals surface area (Å²) in [5, 5.41) is 10.7. The summed E-state index contributed by atoms with van der Waals surface area (Å²) in [4.78, 5) is 12.3. The molecule has 0 saturated carbocycles. The molecular formula is C18H12FN3O4. The van der Waals surface area contributed by atoms with Crippen molar-refractivity contribution in [3.63, 3.8) is 0 Å². The Balaban J connectivity index is 1.57. The molecule has 26 heavy (non-hydrogen) atoms. The lowest BCUT2D eigenvalue weighted by molar-refractivity contribution is 0.0995. The summed E-state index contributed by atoms with van der Waals surface area (Å²) in [6.45, 7) is 0. The fourth-order valence-electron chi connectivity index (χ4n) is 2.48. The van der Waals surface area contributed by atoms with E-state index in [9.17, 15) is 9.18 Å². The Kier molecular flexibility index (Phi) is 3.85. The van der Waals surface area contributed by atoms with Crippen LogP contribution in [0.1, 0.15) is 10.6 Å². The Hall–Kier alpha value is -3.68. The third kappa shape index (κ3) is 2.88. The van der Waals surface area contributed by atoms with Crippen LogP contribution in [-0.4, -0.2) is 23.2 Å². The van der Waals surface area contributed by atoms with E-state index < -0.39 is 11.7 Å². The van der Waals surface area contributed by atoms with E-state index in [2.05, 4.69) is 15.5 Å². The number of nitrogens with one attached hydrogen (secondary N) is 1. The molecule has 4 rings (SSSR count). The molecule has 0 spiro atoms. The Morgan fingerprint density at radius 1 is 1.12 bits per heavy atom. The van der Waals surface area contributed by atoms with Crippen LogP contribution in [0.5, 0.6) is 5.75 Å². The number of benzene rings is 2. The van der Waals surface area contributed by atoms with Gasteiger partial charge >= 0.3 is 6.01 Å². The Bertz CT molecular complexity index is 1100. The number of amides is 1. The van der Waals surface area contributed by atoms with Crippen LogP contribution in [0.25, 0.3) is 22.4 Å². The fraction of sp³-hybridized carbons (Fsp3) is 0.0556. The summed E-state index contributed by atoms with van der Waals surface area (Å²) in [5.74, 6) is -0.311. The Morgan fingerprint density at radius 2 is 1.96 bits per heavy atom. The number of rotatable bonds is 4. The second-order valence-corrected chi connectivity index (χ2v) is 5.37. The summed E-state index contributed by atoms with van der Waals surface area (Å²) in [5.41, 5.74) is 0.873. The quantitative estimate of drug-likeness (QED) is 0.599. The van der Waals surface area contributed by atoms with Gasteiger partial charge in [0.1, 0.15) is 5.82 Å². The number of furan rings is 1. The molecule has 0 aliphatic carbocycles. The number of methoxy groups -OCH3 is 1. The predicted octanol–water partition coefficient (Wildman–Crippen LogP) is 3.88. The van der Waals surface area contributed by atoms with Gasteiger partial charge in [-0.3, -0.25) is 10.1 Å². The number of fused-ring (bicyclic) bond motifs is 1. The molecular weight excluding hydrogens is 341 g/mol. The van der Waals surface area contributed by atoms with Gasteiger partial charge in [-0.15, -0.1) is 5.10 Å². The molecule has 0 saturated heterocycles. The van der Waals surface area contributed by atoms with E-state index in [0.717, 1.165) is 5.39 Å². The third-order valence-electron chi connectivity index (χ3n) is 3.67. The molecule has 4 aromatic rings. The van der Waals surface area contributed by atoms with Gasteiger partial charge in [0, 0.05) is 10.9 Å². The van der Waals surface area contributed by atoms with Crippen molar-refractivity contribution in [3.05, 3.63) is 60.1 Å². The first-order chi connectivity index (χ1) is 12.6. The second kappa shape index (κ2) is 6.32. The summed E-state index contributed by atoms with van der Waals surface area (Å²) in [6, 6.07) is 12.5. The van der Waals surface area contributed by atoms with E-state index in [1.807, 2.05) is 0 Å². The standard InChI is InChI=1S/C18H12FN3O4/c1-24-13-7-3-4-10-9-14(25-15(10)13)16(23)20-18-22-21-17(26-18)11-5-2-6-12(19)8-11/h2-9H,1H3,(H,20,22,23). The zero-order valence-corrected chi connectivity index (χ0v) is 13.5. The highest BCUT2D eigenvalue weighted by molar-refractivity contribution is 6.04. The summed E-state index contributed by atoms with van der Waals surface area (Å²) in [7, 11) is 1.52. The lowest BCUT2D eigenvalue weighted by atomic mass is 10.2. The normalized spacial score (nSPS) is 10.8. The zero-order valence-electron chi connectivity index (χ0n) is 13.5. The summed E-state index contributed by atoms with van der Waals surface area (Å²) >= 11 is 0. The van der Waals surface area contributed by atoms with Gasteiger partial charge in [-0.2, -0.15) is 0 Å². The van der Waals surface area contributed by atoms with E-state index in [4.69, 9.17) is 13.6 Å². The minimum absolute atomic E-state index is 0.0648. The van der Waals surface area contributed by atoms with Crippen LogP contribution in [0.15, 0.2) is 57.4 Å². The van der Waals surface area contributed by atoms with E-state index in [1.54, 1.807) is 30.3 Å². The van der Waals surface area contributed by atoms with Gasteiger partial charge in [-0.1, -0.05) is 23.3 Å². The smallest absolute Gasteiger partial charge is 0.322 e. The lowest BCUT2D eigenvalue weighted by Gasteiger charge is -1.99. The highest BCUT2D eigenvalue weighted by atomic mass is 19.1. The first kappa shape index (κ1) is 15.8. The van der Waals surface area contributed by atoms with Crippen LogP contribution >= 0.6 is 0 Å². The summed E-state index contributed by atoms with van der Waals surface area (Å²) in [6.07, 6.45) is 0. The van der Waals surface area contributed by atoms with Crippen molar-refractivity contribution in [2.45, 2.75) is 0 Å². The van der Waals surface area contributed by atoms with Crippen LogP contribution in [0.3, 0.4) is 0 Å². The van der Waals surface area contributed by atoms with Crippen molar-refractivity contribution in [2.75, 3.05) is 12.4 Å². The molecule has 0 atom stereocenters. The highest BCUT2D eigenvalue weighted by Crippen LogP contribution is 2.29. The first-order valence-corrected chi connectivity index (χ1v) is 7.61. The first-order valence-electron chi connectivity index (χ1n) is 7.61. The van der Waals surface area contributed by atoms with Gasteiger partial charge in [0.2, 0.25) is 5.89 Å². The molecule has 0 unspecified atom stereocenters. The number of halogens is 1. The van der Waals surface area contributed by atoms with Gasteiger partial charge in [0.05, 0.1) is 7.11 Å². The number of ether oxygens (including phenoxy) is 1. The number of nitrogens with zero attached hydrogens (tertiary/aromatic N) is 2. The molecule has 1 amide bonds. The average Bonchev–Trinajstić information content (AvgIpc) is 3.28. The van der Waals surface area contributed by atoms with Crippen LogP contribution in [0.2, 0.25) is 0 Å². The number of carbonyl (C=O) groups is 1. The lowest BCUT2D eigenvalue weighted by Crippen LogP contribution is -2.10. The third-order valence-corrected chi connectivity index (χ3v) is 3.67. The molecule has 0 aliphatic rings. The average molecular weight is 353 g/mol. The van der Waals surface area contributed by atoms with Crippen LogP contribution < -0.4 is 10.1 Å². The molecule has 130 valence electrons. The van der Waals surface area contributed by atoms with Crippen molar-refractivity contribution < 1.29 is 22.8 Å². The maximum Gasteiger partial charge on any atom is 0.322 e. The van der Waals surface area contributed by atoms with Gasteiger partial charge in [0.15, 0.2) is 17.1 Å². The maximum atomic E-state index is 13.3. The van der Waals surface area contributed by atoms with Crippen molar-refractivity contribution in [2.24, 2.45) is 0 Å². The van der Waals surface area contributed by atoms with Gasteiger partial charge in [-0.05, 0) is 30.3 Å². The molecule has 7 nitrogen and oxygen atoms in total. The van der Waals surface area contributed by atoms with Crippen molar-refractivity contribution >= 4 is 22.9 Å². The van der Waals surface area contributed by atoms with E-state index in [1.165, 1.54) is 25.3 Å². The molecule has 2 aromatic heterocycles. The molecule has 0 radical (unpaired) electrons. The van der Waals surface area contributed by atoms with E-state index in [0.29, 0.717) is 16.9 Å². The second-order valence-electron chi connectivity index (χ2n) is 5.37. The Labute approximate surface area is 146 Å². The molecule has 0 fully saturated rings. The fourth-order valence-corrected chi connectivity index (χ4v) is 2.48. The van der Waals surface area contributed by atoms with Crippen LogP contribution in [0, 0.1) is 5.82 Å². The molecule has 0 bridgehead atoms. The van der Waals surface area contributed by atoms with Crippen molar-refractivity contribution in [1.29, 1.82) is 0 Å². The molecule has 8 heteroatoms. The maximum absolute atomic E-state index is 13.3. The molecule has 2 aromatic carbocycles. The van der Waals surface area contributed by atoms with E-state index >= 15 is 0 Å². The number of para-hydroxylation sites is 1. The zero-order chi connectivity index (χ0) is 18.1. The number of hydrogen-bond donors (Lipinski definition) is 1. The van der Waals surface area contributed by atoms with Crippen LogP contribution in [-0.2, 0) is 0 Å². The summed E-state index contributed by atoms with van der Waals surface area (Å²) < 4.78 is 29.4. The SMILES string of the molecule is COc1cccc2cc(C(=O)Nc3nnc(-c4cccc(F)c4)o3)oc12. The number of hydrogen-bond acceptors (Lipinski definition) is 6. The highest BCUT2D eigenvalue weighted by Gasteiger charge is 2.18. The molecule has 2 heterocycles. The Morgan fingerprint density at radius 3 is 2.77 bits per heavy atom. The molecule has 0 aliphatic heterocycles. The minimum atomic E-state index is -0.558. The number of aromatic nitrogens is 2. The van der Waals surface area contributed by atoms with E-state index in [-0.39, 0.29) is 17.7 Å². The van der Waals surface area contributed by atoms with Crippen molar-refractivity contribution in [1.82, 2.24) is 10.2 Å². The number of carbonyl (C=O) groups excluding carboxylic acids is 1. The largest absolute Gasteiger partial charge is 0.493 e. The van der Waals surface area contributed by atoms with Crippen molar-refractivity contribution in [3.8, 4) is 17.2 Å². The predicted molar refractivity (Wildman–Crippen MR) is 90.4 cm³/mol. The topological polar surface area (TPSA) is 90.4 Å². The van der Waals surface area contributed by atoms with Gasteiger partial charge in [-0.25, -0.2) is 4.39 Å². The molecule has 1 N–H and O–H groups in total. The van der Waals surface area contributed by atoms with Crippen LogP contribution in [0.4, 0.5) is 10.4 Å². The minimum Gasteiger partial charge on any atom is -0.493 e. The number of anilines is 1. The monoisotopic (exact) mass is 353 g/mol. The van der Waals surface area contributed by atoms with Gasteiger partial charge in [0.25, 0.3) is 5.91 Å².